The third-order valence-electron chi connectivity index (χ3n) is 8.21. The first kappa shape index (κ1) is 37.0. The quantitative estimate of drug-likeness (QED) is 0.103. The zero-order valence-corrected chi connectivity index (χ0v) is 23.5. The van der Waals surface area contributed by atoms with Crippen LogP contribution >= 0.6 is 0 Å². The van der Waals surface area contributed by atoms with E-state index < -0.39 is 149 Å². The topological polar surface area (TPSA) is 348 Å². The van der Waals surface area contributed by atoms with Crippen molar-refractivity contribution in [2.75, 3.05) is 26.4 Å². The highest BCUT2D eigenvalue weighted by atomic mass is 16.8. The molecular weight excluding hydrogens is 624 g/mol. The van der Waals surface area contributed by atoms with Crippen molar-refractivity contribution in [2.24, 2.45) is 0 Å². The lowest BCUT2D eigenvalue weighted by Gasteiger charge is -2.49. The maximum absolute atomic E-state index is 11.0. The summed E-state index contributed by atoms with van der Waals surface area (Å²) in [5.74, 6) is 0. The van der Waals surface area contributed by atoms with Crippen LogP contribution in [0.5, 0.6) is 0 Å². The fraction of sp³-hybridized carbons (Fsp3) is 1.00. The molecule has 0 saturated carbocycles. The van der Waals surface area contributed by atoms with Crippen LogP contribution in [0.2, 0.25) is 0 Å². The maximum atomic E-state index is 11.0. The van der Waals surface area contributed by atoms with Crippen molar-refractivity contribution in [3.63, 3.8) is 0 Å². The lowest BCUT2D eigenvalue weighted by molar-refractivity contribution is -0.405. The number of rotatable bonds is 10. The molecule has 3 unspecified atom stereocenters. The molecule has 0 amide bonds. The summed E-state index contributed by atoms with van der Waals surface area (Å²) >= 11 is 0. The third kappa shape index (κ3) is 7.44. The van der Waals surface area contributed by atoms with Gasteiger partial charge in [-0.2, -0.15) is 0 Å². The molecule has 4 aliphatic rings. The van der Waals surface area contributed by atoms with E-state index in [2.05, 4.69) is 0 Å². The van der Waals surface area contributed by atoms with E-state index in [0.29, 0.717) is 0 Å². The van der Waals surface area contributed by atoms with Gasteiger partial charge in [-0.15, -0.1) is 0 Å². The Bertz CT molecular complexity index is 916. The first-order chi connectivity index (χ1) is 21.3. The van der Waals surface area contributed by atoms with Crippen molar-refractivity contribution in [1.82, 2.24) is 0 Å². The van der Waals surface area contributed by atoms with Gasteiger partial charge in [0.05, 0.1) is 26.4 Å². The summed E-state index contributed by atoms with van der Waals surface area (Å²) in [4.78, 5) is 0. The Hall–Kier alpha value is -0.840. The maximum Gasteiger partial charge on any atom is 0.187 e. The average Bonchev–Trinajstić information content (AvgIpc) is 3.03. The van der Waals surface area contributed by atoms with Crippen LogP contribution in [0.4, 0.5) is 0 Å². The Kier molecular flexibility index (Phi) is 12.8. The van der Waals surface area contributed by atoms with Crippen LogP contribution < -0.4 is 0 Å². The van der Waals surface area contributed by atoms with Gasteiger partial charge in [-0.05, 0) is 0 Å². The minimum atomic E-state index is -2.03. The van der Waals surface area contributed by atoms with Gasteiger partial charge in [0.1, 0.15) is 97.7 Å². The summed E-state index contributed by atoms with van der Waals surface area (Å²) in [5, 5.41) is 143. The van der Waals surface area contributed by atoms with E-state index in [1.54, 1.807) is 0 Å². The van der Waals surface area contributed by atoms with Gasteiger partial charge >= 0.3 is 0 Å². The lowest BCUT2D eigenvalue weighted by atomic mass is 9.96. The van der Waals surface area contributed by atoms with Gasteiger partial charge in [0.2, 0.25) is 0 Å². The van der Waals surface area contributed by atoms with Crippen LogP contribution in [0.3, 0.4) is 0 Å². The van der Waals surface area contributed by atoms with Crippen molar-refractivity contribution in [1.29, 1.82) is 0 Å². The Balaban J connectivity index is 1.61. The zero-order valence-electron chi connectivity index (χ0n) is 23.5. The third-order valence-corrected chi connectivity index (χ3v) is 8.21. The fourth-order valence-corrected chi connectivity index (χ4v) is 5.48. The van der Waals surface area contributed by atoms with E-state index in [1.165, 1.54) is 0 Å². The summed E-state index contributed by atoms with van der Waals surface area (Å²) in [6.45, 7) is -3.41. The summed E-state index contributed by atoms with van der Waals surface area (Å²) in [6, 6.07) is 0. The molecule has 264 valence electrons. The number of aliphatic hydroxyl groups excluding tert-OH is 14. The Labute approximate surface area is 254 Å². The van der Waals surface area contributed by atoms with E-state index in [4.69, 9.17) is 33.2 Å². The molecule has 45 heavy (non-hydrogen) atoms. The SMILES string of the molecule is OC[C@H]1O[C@H](O)[C@@H](OC2O[C@H](CO)[C@@H](O)[C@H](O)[C@@H]2OC2O[C@H](CO)[C@@H](O)[C@H](O)[C@@H]2OC2O[C@H](CO)[C@@H](O)[C@H](O)[C@@H]2O)[C@@H](O)[C@@H]1O. The van der Waals surface area contributed by atoms with E-state index in [0.717, 1.165) is 0 Å². The van der Waals surface area contributed by atoms with Crippen molar-refractivity contribution >= 4 is 0 Å². The molecular formula is C24H42O21. The summed E-state index contributed by atoms with van der Waals surface area (Å²) in [5.41, 5.74) is 0. The predicted molar refractivity (Wildman–Crippen MR) is 134 cm³/mol. The lowest BCUT2D eigenvalue weighted by Crippen LogP contribution is -2.68. The molecule has 4 aliphatic heterocycles. The molecule has 0 aromatic carbocycles. The molecule has 4 fully saturated rings. The molecule has 20 atom stereocenters. The molecule has 0 spiro atoms. The van der Waals surface area contributed by atoms with Gasteiger partial charge in [0.25, 0.3) is 0 Å². The molecule has 21 nitrogen and oxygen atoms in total. The predicted octanol–water partition coefficient (Wildman–Crippen LogP) is -9.75. The van der Waals surface area contributed by atoms with Crippen LogP contribution in [0.25, 0.3) is 0 Å². The van der Waals surface area contributed by atoms with Crippen LogP contribution in [0.15, 0.2) is 0 Å². The zero-order chi connectivity index (χ0) is 33.3. The Morgan fingerprint density at radius 1 is 0.333 bits per heavy atom. The molecule has 14 N–H and O–H groups in total. The van der Waals surface area contributed by atoms with Gasteiger partial charge < -0.3 is 105 Å². The number of ether oxygens (including phenoxy) is 7. The van der Waals surface area contributed by atoms with Crippen LogP contribution in [0.1, 0.15) is 0 Å². The van der Waals surface area contributed by atoms with Crippen molar-refractivity contribution in [3.05, 3.63) is 0 Å². The number of hydrogen-bond acceptors (Lipinski definition) is 21. The monoisotopic (exact) mass is 666 g/mol. The first-order valence-electron chi connectivity index (χ1n) is 14.1. The van der Waals surface area contributed by atoms with Gasteiger partial charge in [0, 0.05) is 0 Å². The number of hydrogen-bond donors (Lipinski definition) is 14. The molecule has 0 aromatic heterocycles. The first-order valence-corrected chi connectivity index (χ1v) is 14.1. The van der Waals surface area contributed by atoms with Crippen LogP contribution in [-0.2, 0) is 33.2 Å². The van der Waals surface area contributed by atoms with E-state index >= 15 is 0 Å². The molecule has 0 aliphatic carbocycles. The Morgan fingerprint density at radius 2 is 0.644 bits per heavy atom. The number of aliphatic hydroxyl groups is 14. The van der Waals surface area contributed by atoms with Gasteiger partial charge in [-0.3, -0.25) is 0 Å². The average molecular weight is 667 g/mol. The van der Waals surface area contributed by atoms with Crippen molar-refractivity contribution < 1.29 is 105 Å². The molecule has 0 radical (unpaired) electrons. The summed E-state index contributed by atoms with van der Waals surface area (Å²) in [6.07, 6.45) is -36.6. The second-order valence-corrected chi connectivity index (χ2v) is 11.1. The highest BCUT2D eigenvalue weighted by Gasteiger charge is 2.55. The van der Waals surface area contributed by atoms with Crippen LogP contribution in [0, 0.1) is 0 Å². The standard InChI is InChI=1S/C24H42O21/c25-1-5-10(30)14(34)18(21(38)39-5)43-23-20(16(36)12(32)7(3-27)41-23)45-24-19(15(35)11(31)8(4-28)42-24)44-22-17(37)13(33)9(29)6(2-26)40-22/h5-38H,1-4H2/t5-,6-,7-,8-,9-,10-,11-,12-,13+,14+,15+,16+,17+,18+,19+,20+,21+,22?,23?,24?/m1/s1. The highest BCUT2D eigenvalue weighted by molar-refractivity contribution is 4.97. The summed E-state index contributed by atoms with van der Waals surface area (Å²) in [7, 11) is 0. The molecule has 4 saturated heterocycles. The minimum Gasteiger partial charge on any atom is -0.394 e. The van der Waals surface area contributed by atoms with E-state index in [-0.39, 0.29) is 0 Å². The molecule has 0 aromatic rings. The smallest absolute Gasteiger partial charge is 0.187 e. The highest BCUT2D eigenvalue weighted by Crippen LogP contribution is 2.34. The normalized spacial score (nSPS) is 52.9. The molecule has 21 heteroatoms. The van der Waals surface area contributed by atoms with Gasteiger partial charge in [0.15, 0.2) is 25.2 Å². The Morgan fingerprint density at radius 3 is 1.07 bits per heavy atom. The van der Waals surface area contributed by atoms with E-state index in [9.17, 15) is 71.5 Å². The minimum absolute atomic E-state index is 0.791. The largest absolute Gasteiger partial charge is 0.394 e. The molecule has 0 bridgehead atoms. The van der Waals surface area contributed by atoms with Crippen molar-refractivity contribution in [3.8, 4) is 0 Å². The molecule has 4 rings (SSSR count). The van der Waals surface area contributed by atoms with Gasteiger partial charge in [-0.1, -0.05) is 0 Å². The molecule has 4 heterocycles. The van der Waals surface area contributed by atoms with E-state index in [1.807, 2.05) is 0 Å². The fourth-order valence-electron chi connectivity index (χ4n) is 5.48. The van der Waals surface area contributed by atoms with Gasteiger partial charge in [-0.25, -0.2) is 0 Å². The second kappa shape index (κ2) is 15.6. The second-order valence-electron chi connectivity index (χ2n) is 11.1. The summed E-state index contributed by atoms with van der Waals surface area (Å²) < 4.78 is 38.3. The van der Waals surface area contributed by atoms with Crippen LogP contribution in [-0.4, -0.2) is 221 Å². The van der Waals surface area contributed by atoms with Crippen molar-refractivity contribution in [2.45, 2.75) is 123 Å².